The third kappa shape index (κ3) is 12.1. The molecule has 0 aliphatic rings. The zero-order chi connectivity index (χ0) is 45.4. The minimum Gasteiger partial charge on any atom is -0.427 e. The number of hydrogen-bond donors (Lipinski definition) is 4. The van der Waals surface area contributed by atoms with Crippen LogP contribution in [0.4, 0.5) is 11.4 Å². The topological polar surface area (TPSA) is 141 Å². The van der Waals surface area contributed by atoms with Crippen molar-refractivity contribution >= 4 is 35.1 Å². The average Bonchev–Trinajstić information content (AvgIpc) is 3.33. The van der Waals surface area contributed by atoms with Crippen molar-refractivity contribution in [2.75, 3.05) is 38.0 Å². The highest BCUT2D eigenvalue weighted by molar-refractivity contribution is 5.96. The summed E-state index contributed by atoms with van der Waals surface area (Å²) in [5.41, 5.74) is 1.85. The molecule has 0 aliphatic carbocycles. The molecule has 64 heavy (non-hydrogen) atoms. The van der Waals surface area contributed by atoms with Gasteiger partial charge in [-0.25, -0.2) is 9.59 Å². The molecule has 2 atom stereocenters. The van der Waals surface area contributed by atoms with E-state index in [9.17, 15) is 19.2 Å². The summed E-state index contributed by atoms with van der Waals surface area (Å²) < 4.78 is 12.3. The van der Waals surface area contributed by atoms with Crippen LogP contribution in [0.3, 0.4) is 0 Å². The van der Waals surface area contributed by atoms with Crippen LogP contribution in [-0.4, -0.2) is 51.9 Å². The Morgan fingerprint density at radius 3 is 1.03 bits per heavy atom. The van der Waals surface area contributed by atoms with E-state index in [2.05, 4.69) is 21.3 Å². The fourth-order valence-corrected chi connectivity index (χ4v) is 6.84. The summed E-state index contributed by atoms with van der Waals surface area (Å²) in [4.78, 5) is 60.9. The zero-order valence-electron chi connectivity index (χ0n) is 36.5. The Morgan fingerprint density at radius 2 is 0.719 bits per heavy atom. The molecule has 0 fully saturated rings. The third-order valence-corrected chi connectivity index (χ3v) is 10.4. The van der Waals surface area contributed by atoms with Gasteiger partial charge in [-0.05, 0) is 46.5 Å². The molecule has 6 aromatic rings. The monoisotopic (exact) mass is 858 g/mol. The first-order valence-electron chi connectivity index (χ1n) is 20.9. The number of hydrogen-bond acceptors (Lipinski definition) is 10. The maximum Gasteiger partial charge on any atom is 0.333 e. The molecule has 0 radical (unpaired) electrons. The fraction of sp³-hybridized carbons (Fsp3) is 0.192. The van der Waals surface area contributed by atoms with Crippen molar-refractivity contribution in [3.8, 4) is 0 Å². The lowest BCUT2D eigenvalue weighted by molar-refractivity contribution is -0.172. The molecule has 328 valence electrons. The summed E-state index contributed by atoms with van der Waals surface area (Å²) in [6.45, 7) is 0.547. The van der Waals surface area contributed by atoms with Gasteiger partial charge in [0.25, 0.3) is 23.3 Å². The highest BCUT2D eigenvalue weighted by atomic mass is 16.6. The van der Waals surface area contributed by atoms with Crippen LogP contribution in [0.25, 0.3) is 0 Å². The van der Waals surface area contributed by atoms with Crippen molar-refractivity contribution in [3.05, 3.63) is 215 Å². The first-order valence-corrected chi connectivity index (χ1v) is 20.9. The van der Waals surface area contributed by atoms with E-state index in [0.717, 1.165) is 45.8 Å². The molecule has 0 heterocycles. The number of esters is 2. The van der Waals surface area contributed by atoms with Crippen LogP contribution >= 0.6 is 0 Å². The molecule has 2 amide bonds. The van der Waals surface area contributed by atoms with Crippen LogP contribution in [0.5, 0.6) is 0 Å². The minimum absolute atomic E-state index is 0.127. The normalized spacial score (nSPS) is 12.9. The number of nitrogens with one attached hydrogen (secondary N) is 4. The van der Waals surface area contributed by atoms with Gasteiger partial charge in [0.1, 0.15) is 0 Å². The summed E-state index contributed by atoms with van der Waals surface area (Å²) in [7, 11) is 7.77. The van der Waals surface area contributed by atoms with Gasteiger partial charge in [-0.1, -0.05) is 146 Å². The van der Waals surface area contributed by atoms with Crippen molar-refractivity contribution in [1.29, 1.82) is 0 Å². The van der Waals surface area contributed by atoms with Crippen molar-refractivity contribution in [3.63, 3.8) is 0 Å². The Morgan fingerprint density at radius 1 is 0.422 bits per heavy atom. The molecule has 2 unspecified atom stereocenters. The van der Waals surface area contributed by atoms with Gasteiger partial charge in [0.2, 0.25) is 0 Å². The Kier molecular flexibility index (Phi) is 15.8. The fourth-order valence-electron chi connectivity index (χ4n) is 6.84. The molecule has 0 saturated heterocycles. The summed E-state index contributed by atoms with van der Waals surface area (Å²) in [6, 6.07) is 51.4. The SMILES string of the molecule is CN(C)c1ccc(CNC(OC(=O)/C=C/C(=O)OC(NCc2ccc(N(C)C)cc2)(C(=O)NCc2ccccc2)c2ccccc2)(C(=O)NCc2ccccc2)c2ccccc2)cc1. The molecule has 0 aromatic heterocycles. The molecule has 0 saturated carbocycles. The van der Waals surface area contributed by atoms with Gasteiger partial charge in [-0.15, -0.1) is 0 Å². The quantitative estimate of drug-likeness (QED) is 0.0374. The van der Waals surface area contributed by atoms with Gasteiger partial charge >= 0.3 is 11.9 Å². The average molecular weight is 859 g/mol. The van der Waals surface area contributed by atoms with Crippen LogP contribution in [0.15, 0.2) is 182 Å². The second-order valence-corrected chi connectivity index (χ2v) is 15.4. The van der Waals surface area contributed by atoms with E-state index in [1.807, 2.05) is 147 Å². The van der Waals surface area contributed by atoms with E-state index in [0.29, 0.717) is 11.1 Å². The second-order valence-electron chi connectivity index (χ2n) is 15.4. The molecular formula is C52H54N6O6. The molecule has 6 aromatic carbocycles. The molecule has 0 bridgehead atoms. The van der Waals surface area contributed by atoms with E-state index >= 15 is 0 Å². The number of ether oxygens (including phenoxy) is 2. The number of rotatable bonds is 20. The van der Waals surface area contributed by atoms with E-state index < -0.39 is 35.2 Å². The summed E-state index contributed by atoms with van der Waals surface area (Å²) in [5, 5.41) is 12.3. The maximum absolute atomic E-state index is 14.5. The molecule has 0 aliphatic heterocycles. The predicted molar refractivity (Wildman–Crippen MR) is 249 cm³/mol. The lowest BCUT2D eigenvalue weighted by Crippen LogP contribution is -2.57. The van der Waals surface area contributed by atoms with Crippen molar-refractivity contribution in [2.45, 2.75) is 37.6 Å². The number of nitrogens with zero attached hydrogens (tertiary/aromatic N) is 2. The lowest BCUT2D eigenvalue weighted by Gasteiger charge is -2.34. The highest BCUT2D eigenvalue weighted by Crippen LogP contribution is 2.28. The number of carbonyl (C=O) groups is 4. The highest BCUT2D eigenvalue weighted by Gasteiger charge is 2.45. The lowest BCUT2D eigenvalue weighted by atomic mass is 10.00. The van der Waals surface area contributed by atoms with Gasteiger partial charge in [0.05, 0.1) is 0 Å². The zero-order valence-corrected chi connectivity index (χ0v) is 36.5. The Hall–Kier alpha value is -7.54. The standard InChI is InChI=1S/C52H54N6O6/c1-57(2)45-29-25-41(26-30-45)37-55-51(43-21-13-7-14-22-43,49(61)53-35-39-17-9-5-10-18-39)63-47(59)33-34-48(60)64-52(44-23-15-8-16-24-44,50(62)54-36-40-19-11-6-12-20-40)56-38-42-27-31-46(32-28-42)58(3)4/h5-34,55-56H,35-38H2,1-4H3,(H,53,61)(H,54,62)/b34-33+. The number of anilines is 2. The van der Waals surface area contributed by atoms with Gasteiger partial charge in [0, 0.05) is 89.0 Å². The van der Waals surface area contributed by atoms with Crippen LogP contribution < -0.4 is 31.1 Å². The molecule has 12 nitrogen and oxygen atoms in total. The van der Waals surface area contributed by atoms with Gasteiger partial charge in [-0.2, -0.15) is 0 Å². The van der Waals surface area contributed by atoms with E-state index in [1.54, 1.807) is 60.7 Å². The first kappa shape index (κ1) is 46.0. The van der Waals surface area contributed by atoms with E-state index in [-0.39, 0.29) is 26.2 Å². The van der Waals surface area contributed by atoms with Crippen LogP contribution in [0.1, 0.15) is 33.4 Å². The third-order valence-electron chi connectivity index (χ3n) is 10.4. The Bertz CT molecular complexity index is 2290. The predicted octanol–water partition coefficient (Wildman–Crippen LogP) is 6.68. The summed E-state index contributed by atoms with van der Waals surface area (Å²) in [6.07, 6.45) is 1.77. The molecule has 0 spiro atoms. The Balaban J connectivity index is 1.30. The molecule has 12 heteroatoms. The largest absolute Gasteiger partial charge is 0.427 e. The molecule has 4 N–H and O–H groups in total. The van der Waals surface area contributed by atoms with Crippen LogP contribution in [-0.2, 0) is 66.3 Å². The Labute approximate surface area is 374 Å². The number of benzene rings is 6. The number of amides is 2. The van der Waals surface area contributed by atoms with E-state index in [1.165, 1.54) is 0 Å². The van der Waals surface area contributed by atoms with Crippen molar-refractivity contribution in [1.82, 2.24) is 21.3 Å². The van der Waals surface area contributed by atoms with Gasteiger partial charge < -0.3 is 29.9 Å². The number of carbonyl (C=O) groups excluding carboxylic acids is 4. The summed E-state index contributed by atoms with van der Waals surface area (Å²) in [5.74, 6) is -3.34. The van der Waals surface area contributed by atoms with Crippen molar-refractivity contribution < 1.29 is 28.7 Å². The van der Waals surface area contributed by atoms with Crippen LogP contribution in [0.2, 0.25) is 0 Å². The molecule has 6 rings (SSSR count). The minimum atomic E-state index is -2.06. The van der Waals surface area contributed by atoms with Gasteiger partial charge in [-0.3, -0.25) is 20.2 Å². The maximum atomic E-state index is 14.5. The van der Waals surface area contributed by atoms with Gasteiger partial charge in [0.15, 0.2) is 0 Å². The summed E-state index contributed by atoms with van der Waals surface area (Å²) >= 11 is 0. The van der Waals surface area contributed by atoms with Crippen molar-refractivity contribution in [2.24, 2.45) is 0 Å². The smallest absolute Gasteiger partial charge is 0.333 e. The first-order chi connectivity index (χ1) is 31.0. The van der Waals surface area contributed by atoms with E-state index in [4.69, 9.17) is 9.47 Å². The second kappa shape index (κ2) is 22.0. The molecular weight excluding hydrogens is 805 g/mol. The van der Waals surface area contributed by atoms with Crippen LogP contribution in [0, 0.1) is 0 Å².